The molecule has 0 amide bonds. The first-order valence-electron chi connectivity index (χ1n) is 6.83. The van der Waals surface area contributed by atoms with E-state index in [2.05, 4.69) is 22.0 Å². The van der Waals surface area contributed by atoms with Crippen LogP contribution in [0.4, 0.5) is 0 Å². The number of rotatable bonds is 2. The van der Waals surface area contributed by atoms with Gasteiger partial charge >= 0.3 is 0 Å². The summed E-state index contributed by atoms with van der Waals surface area (Å²) in [5.41, 5.74) is 10.7. The molecule has 2 aliphatic carbocycles. The van der Waals surface area contributed by atoms with E-state index >= 15 is 0 Å². The number of halogens is 1. The summed E-state index contributed by atoms with van der Waals surface area (Å²) in [6, 6.07) is 2.23. The largest absolute Gasteiger partial charge is 0.495 e. The lowest BCUT2D eigenvalue weighted by molar-refractivity contribution is 0.240. The molecule has 3 rings (SSSR count). The Kier molecular flexibility index (Phi) is 3.15. The molecule has 18 heavy (non-hydrogen) atoms. The van der Waals surface area contributed by atoms with Gasteiger partial charge in [-0.1, -0.05) is 0 Å². The number of hydrogen-bond donors (Lipinski definition) is 1. The summed E-state index contributed by atoms with van der Waals surface area (Å²) in [7, 11) is 1.75. The highest BCUT2D eigenvalue weighted by molar-refractivity contribution is 9.10. The standard InChI is InChI=1S/C15H20BrNO/c1-18-14-12(16)9-10-5-2-3-6-11(10)13(14)15(17)7-4-8-15/h9H,2-8,17H2,1H3. The third-order valence-electron chi connectivity index (χ3n) is 4.51. The minimum atomic E-state index is -0.142. The SMILES string of the molecule is COc1c(Br)cc2c(c1C1(N)CCC1)CCCC2. The van der Waals surface area contributed by atoms with Crippen LogP contribution in [-0.4, -0.2) is 7.11 Å². The van der Waals surface area contributed by atoms with Crippen molar-refractivity contribution in [2.24, 2.45) is 5.73 Å². The minimum absolute atomic E-state index is 0.142. The highest BCUT2D eigenvalue weighted by atomic mass is 79.9. The fourth-order valence-corrected chi connectivity index (χ4v) is 4.02. The molecule has 0 aromatic heterocycles. The molecule has 3 heteroatoms. The molecule has 0 radical (unpaired) electrons. The normalized spacial score (nSPS) is 21.1. The predicted octanol–water partition coefficient (Wildman–Crippen LogP) is 3.67. The van der Waals surface area contributed by atoms with Gasteiger partial charge in [0.25, 0.3) is 0 Å². The smallest absolute Gasteiger partial charge is 0.138 e. The molecule has 1 fully saturated rings. The summed E-state index contributed by atoms with van der Waals surface area (Å²) >= 11 is 3.65. The van der Waals surface area contributed by atoms with Crippen molar-refractivity contribution >= 4 is 15.9 Å². The maximum Gasteiger partial charge on any atom is 0.138 e. The number of fused-ring (bicyclic) bond motifs is 1. The molecule has 98 valence electrons. The minimum Gasteiger partial charge on any atom is -0.495 e. The zero-order chi connectivity index (χ0) is 12.8. The lowest BCUT2D eigenvalue weighted by atomic mass is 9.69. The van der Waals surface area contributed by atoms with Crippen LogP contribution in [0.3, 0.4) is 0 Å². The molecule has 2 nitrogen and oxygen atoms in total. The fourth-order valence-electron chi connectivity index (χ4n) is 3.38. The van der Waals surface area contributed by atoms with Gasteiger partial charge in [0, 0.05) is 11.1 Å². The van der Waals surface area contributed by atoms with E-state index in [1.54, 1.807) is 7.11 Å². The van der Waals surface area contributed by atoms with Crippen LogP contribution >= 0.6 is 15.9 Å². The van der Waals surface area contributed by atoms with Crippen molar-refractivity contribution in [3.05, 3.63) is 27.2 Å². The van der Waals surface area contributed by atoms with Crippen molar-refractivity contribution in [1.82, 2.24) is 0 Å². The molecule has 0 bridgehead atoms. The number of benzene rings is 1. The second kappa shape index (κ2) is 4.53. The Labute approximate surface area is 117 Å². The Balaban J connectivity index is 2.21. The molecule has 1 saturated carbocycles. The first-order chi connectivity index (χ1) is 8.65. The van der Waals surface area contributed by atoms with E-state index in [0.717, 1.165) is 29.5 Å². The Morgan fingerprint density at radius 3 is 2.56 bits per heavy atom. The Hall–Kier alpha value is -0.540. The van der Waals surface area contributed by atoms with Gasteiger partial charge in [0.2, 0.25) is 0 Å². The lowest BCUT2D eigenvalue weighted by Gasteiger charge is -2.42. The van der Waals surface area contributed by atoms with E-state index in [9.17, 15) is 0 Å². The first-order valence-corrected chi connectivity index (χ1v) is 7.62. The average molecular weight is 310 g/mol. The zero-order valence-electron chi connectivity index (χ0n) is 10.9. The van der Waals surface area contributed by atoms with Gasteiger partial charge in [-0.3, -0.25) is 0 Å². The molecule has 0 aliphatic heterocycles. The number of ether oxygens (including phenoxy) is 1. The van der Waals surface area contributed by atoms with E-state index in [-0.39, 0.29) is 5.54 Å². The van der Waals surface area contributed by atoms with Gasteiger partial charge in [0.1, 0.15) is 5.75 Å². The van der Waals surface area contributed by atoms with Crippen molar-refractivity contribution < 1.29 is 4.74 Å². The van der Waals surface area contributed by atoms with Crippen LogP contribution in [0.15, 0.2) is 10.5 Å². The number of hydrogen-bond acceptors (Lipinski definition) is 2. The van der Waals surface area contributed by atoms with Crippen LogP contribution in [0.1, 0.15) is 48.8 Å². The third kappa shape index (κ3) is 1.79. The van der Waals surface area contributed by atoms with Crippen molar-refractivity contribution in [3.8, 4) is 5.75 Å². The Morgan fingerprint density at radius 2 is 1.94 bits per heavy atom. The Bertz CT molecular complexity index is 480. The van der Waals surface area contributed by atoms with Crippen molar-refractivity contribution in [3.63, 3.8) is 0 Å². The van der Waals surface area contributed by atoms with Gasteiger partial charge < -0.3 is 10.5 Å². The molecule has 0 heterocycles. The van der Waals surface area contributed by atoms with E-state index in [4.69, 9.17) is 10.5 Å². The topological polar surface area (TPSA) is 35.2 Å². The molecule has 1 aromatic rings. The molecule has 1 aromatic carbocycles. The second-order valence-corrected chi connectivity index (χ2v) is 6.48. The van der Waals surface area contributed by atoms with Crippen LogP contribution in [0.5, 0.6) is 5.75 Å². The average Bonchev–Trinajstić information content (AvgIpc) is 2.34. The van der Waals surface area contributed by atoms with Crippen LogP contribution in [-0.2, 0) is 18.4 Å². The molecule has 2 N–H and O–H groups in total. The second-order valence-electron chi connectivity index (χ2n) is 5.62. The maximum absolute atomic E-state index is 6.59. The van der Waals surface area contributed by atoms with Gasteiger partial charge in [-0.2, -0.15) is 0 Å². The summed E-state index contributed by atoms with van der Waals surface area (Å²) < 4.78 is 6.70. The highest BCUT2D eigenvalue weighted by Gasteiger charge is 2.40. The summed E-state index contributed by atoms with van der Waals surface area (Å²) in [5.74, 6) is 0.970. The van der Waals surface area contributed by atoms with Crippen LogP contribution in [0, 0.1) is 0 Å². The molecule has 0 spiro atoms. The number of aryl methyl sites for hydroxylation is 1. The summed E-state index contributed by atoms with van der Waals surface area (Å²) in [4.78, 5) is 0. The van der Waals surface area contributed by atoms with Gasteiger partial charge in [-0.05, 0) is 78.1 Å². The Morgan fingerprint density at radius 1 is 1.22 bits per heavy atom. The van der Waals surface area contributed by atoms with E-state index < -0.39 is 0 Å². The van der Waals surface area contributed by atoms with E-state index in [1.807, 2.05) is 0 Å². The van der Waals surface area contributed by atoms with Crippen LogP contribution < -0.4 is 10.5 Å². The lowest BCUT2D eigenvalue weighted by Crippen LogP contribution is -2.44. The van der Waals surface area contributed by atoms with Crippen molar-refractivity contribution in [2.75, 3.05) is 7.11 Å². The van der Waals surface area contributed by atoms with Gasteiger partial charge in [-0.25, -0.2) is 0 Å². The van der Waals surface area contributed by atoms with E-state index in [1.165, 1.54) is 42.4 Å². The van der Waals surface area contributed by atoms with Gasteiger partial charge in [0.05, 0.1) is 11.6 Å². The van der Waals surface area contributed by atoms with Crippen LogP contribution in [0.25, 0.3) is 0 Å². The summed E-state index contributed by atoms with van der Waals surface area (Å²) in [6.07, 6.45) is 8.33. The molecule has 0 atom stereocenters. The van der Waals surface area contributed by atoms with Crippen LogP contribution in [0.2, 0.25) is 0 Å². The van der Waals surface area contributed by atoms with Crippen molar-refractivity contribution in [1.29, 1.82) is 0 Å². The quantitative estimate of drug-likeness (QED) is 0.904. The first kappa shape index (κ1) is 12.5. The molecule has 0 saturated heterocycles. The molecular weight excluding hydrogens is 290 g/mol. The van der Waals surface area contributed by atoms with Gasteiger partial charge in [-0.15, -0.1) is 0 Å². The monoisotopic (exact) mass is 309 g/mol. The molecular formula is C15H20BrNO. The van der Waals surface area contributed by atoms with E-state index in [0.29, 0.717) is 0 Å². The number of methoxy groups -OCH3 is 1. The summed E-state index contributed by atoms with van der Waals surface area (Å²) in [6.45, 7) is 0. The zero-order valence-corrected chi connectivity index (χ0v) is 12.5. The van der Waals surface area contributed by atoms with Crippen molar-refractivity contribution in [2.45, 2.75) is 50.5 Å². The highest BCUT2D eigenvalue weighted by Crippen LogP contribution is 2.49. The predicted molar refractivity (Wildman–Crippen MR) is 77.1 cm³/mol. The fraction of sp³-hybridized carbons (Fsp3) is 0.600. The molecule has 2 aliphatic rings. The van der Waals surface area contributed by atoms with Gasteiger partial charge in [0.15, 0.2) is 0 Å². The third-order valence-corrected chi connectivity index (χ3v) is 5.09. The maximum atomic E-state index is 6.59. The number of nitrogens with two attached hydrogens (primary N) is 1. The molecule has 0 unspecified atom stereocenters. The summed E-state index contributed by atoms with van der Waals surface area (Å²) in [5, 5.41) is 0.